The van der Waals surface area contributed by atoms with Crippen LogP contribution in [-0.4, -0.2) is 8.42 Å². The van der Waals surface area contributed by atoms with Gasteiger partial charge in [0, 0.05) is 12.0 Å². The minimum absolute atomic E-state index is 0.293. The van der Waals surface area contributed by atoms with E-state index in [2.05, 4.69) is 4.72 Å². The van der Waals surface area contributed by atoms with Crippen LogP contribution in [-0.2, 0) is 16.6 Å². The predicted octanol–water partition coefficient (Wildman–Crippen LogP) is 3.09. The standard InChI is InChI=1S/C16H17NO2S/c1-14-7-9-16(10-8-14)13-17-20(18,19)12-11-15-5-3-2-4-6-15/h2-12,17H,13H2,1H3/b12-11+. The Morgan fingerprint density at radius 2 is 1.65 bits per heavy atom. The lowest BCUT2D eigenvalue weighted by Gasteiger charge is -2.03. The molecule has 0 heterocycles. The summed E-state index contributed by atoms with van der Waals surface area (Å²) in [6, 6.07) is 17.1. The Morgan fingerprint density at radius 3 is 2.30 bits per heavy atom. The topological polar surface area (TPSA) is 46.2 Å². The number of hydrogen-bond acceptors (Lipinski definition) is 2. The molecular weight excluding hydrogens is 270 g/mol. The van der Waals surface area contributed by atoms with E-state index in [1.54, 1.807) is 6.08 Å². The zero-order chi connectivity index (χ0) is 14.4. The van der Waals surface area contributed by atoms with Crippen LogP contribution < -0.4 is 4.72 Å². The molecule has 0 radical (unpaired) electrons. The van der Waals surface area contributed by atoms with E-state index < -0.39 is 10.0 Å². The maximum atomic E-state index is 11.8. The lowest BCUT2D eigenvalue weighted by molar-refractivity contribution is 0.591. The SMILES string of the molecule is Cc1ccc(CNS(=O)(=O)/C=C/c2ccccc2)cc1. The quantitative estimate of drug-likeness (QED) is 0.918. The number of sulfonamides is 1. The Balaban J connectivity index is 1.97. The molecule has 2 aromatic carbocycles. The van der Waals surface area contributed by atoms with Crippen LogP contribution in [0.5, 0.6) is 0 Å². The molecule has 0 aliphatic rings. The molecule has 3 nitrogen and oxygen atoms in total. The minimum atomic E-state index is -3.42. The lowest BCUT2D eigenvalue weighted by Crippen LogP contribution is -2.20. The summed E-state index contributed by atoms with van der Waals surface area (Å²) >= 11 is 0. The van der Waals surface area contributed by atoms with Crippen LogP contribution in [0.1, 0.15) is 16.7 Å². The molecule has 0 aliphatic carbocycles. The van der Waals surface area contributed by atoms with Gasteiger partial charge in [-0.3, -0.25) is 0 Å². The van der Waals surface area contributed by atoms with Crippen LogP contribution in [0.2, 0.25) is 0 Å². The summed E-state index contributed by atoms with van der Waals surface area (Å²) in [5.74, 6) is 0. The molecule has 0 bridgehead atoms. The molecule has 0 unspecified atom stereocenters. The van der Waals surface area contributed by atoms with Crippen molar-refractivity contribution in [3.8, 4) is 0 Å². The number of rotatable bonds is 5. The molecule has 0 fully saturated rings. The first-order valence-corrected chi connectivity index (χ1v) is 7.88. The van der Waals surface area contributed by atoms with Crippen LogP contribution in [0.4, 0.5) is 0 Å². The van der Waals surface area contributed by atoms with E-state index in [9.17, 15) is 8.42 Å². The molecule has 20 heavy (non-hydrogen) atoms. The highest BCUT2D eigenvalue weighted by Crippen LogP contribution is 2.05. The first-order valence-electron chi connectivity index (χ1n) is 6.33. The first kappa shape index (κ1) is 14.5. The Morgan fingerprint density at radius 1 is 1.00 bits per heavy atom. The maximum Gasteiger partial charge on any atom is 0.234 e. The van der Waals surface area contributed by atoms with Gasteiger partial charge >= 0.3 is 0 Å². The molecule has 2 rings (SSSR count). The van der Waals surface area contributed by atoms with Crippen molar-refractivity contribution in [3.63, 3.8) is 0 Å². The Hall–Kier alpha value is -1.91. The van der Waals surface area contributed by atoms with Crippen molar-refractivity contribution in [1.29, 1.82) is 0 Å². The van der Waals surface area contributed by atoms with Gasteiger partial charge in [-0.25, -0.2) is 13.1 Å². The molecule has 0 saturated heterocycles. The molecule has 0 spiro atoms. The van der Waals surface area contributed by atoms with Crippen LogP contribution in [0, 0.1) is 6.92 Å². The van der Waals surface area contributed by atoms with E-state index in [1.165, 1.54) is 5.41 Å². The van der Waals surface area contributed by atoms with E-state index in [0.29, 0.717) is 6.54 Å². The maximum absolute atomic E-state index is 11.8. The van der Waals surface area contributed by atoms with Crippen LogP contribution >= 0.6 is 0 Å². The van der Waals surface area contributed by atoms with Gasteiger partial charge in [-0.1, -0.05) is 60.2 Å². The average molecular weight is 287 g/mol. The Labute approximate surface area is 120 Å². The molecule has 0 saturated carbocycles. The summed E-state index contributed by atoms with van der Waals surface area (Å²) in [6.07, 6.45) is 1.58. The molecular formula is C16H17NO2S. The van der Waals surface area contributed by atoms with Crippen molar-refractivity contribution in [2.45, 2.75) is 13.5 Å². The van der Waals surface area contributed by atoms with Crippen molar-refractivity contribution in [3.05, 3.63) is 76.7 Å². The third kappa shape index (κ3) is 4.64. The highest BCUT2D eigenvalue weighted by Gasteiger charge is 2.04. The highest BCUT2D eigenvalue weighted by molar-refractivity contribution is 7.92. The summed E-state index contributed by atoms with van der Waals surface area (Å²) < 4.78 is 26.2. The fraction of sp³-hybridized carbons (Fsp3) is 0.125. The molecule has 0 aromatic heterocycles. The second-order valence-electron chi connectivity index (χ2n) is 4.57. The van der Waals surface area contributed by atoms with E-state index in [0.717, 1.165) is 16.7 Å². The largest absolute Gasteiger partial charge is 0.234 e. The summed E-state index contributed by atoms with van der Waals surface area (Å²) in [6.45, 7) is 2.29. The smallest absolute Gasteiger partial charge is 0.208 e. The first-order chi connectivity index (χ1) is 9.55. The van der Waals surface area contributed by atoms with E-state index in [1.807, 2.05) is 61.5 Å². The fourth-order valence-electron chi connectivity index (χ4n) is 1.67. The number of nitrogens with one attached hydrogen (secondary N) is 1. The molecule has 0 atom stereocenters. The molecule has 1 N–H and O–H groups in total. The normalized spacial score (nSPS) is 11.8. The second-order valence-corrected chi connectivity index (χ2v) is 6.22. The number of aryl methyl sites for hydroxylation is 1. The number of benzene rings is 2. The van der Waals surface area contributed by atoms with Gasteiger partial charge in [0.15, 0.2) is 0 Å². The zero-order valence-corrected chi connectivity index (χ0v) is 12.1. The predicted molar refractivity (Wildman–Crippen MR) is 82.4 cm³/mol. The monoisotopic (exact) mass is 287 g/mol. The molecule has 4 heteroatoms. The van der Waals surface area contributed by atoms with Gasteiger partial charge in [0.05, 0.1) is 0 Å². The number of hydrogen-bond donors (Lipinski definition) is 1. The Kier molecular flexibility index (Phi) is 4.71. The van der Waals surface area contributed by atoms with E-state index in [-0.39, 0.29) is 0 Å². The second kappa shape index (κ2) is 6.50. The van der Waals surface area contributed by atoms with E-state index in [4.69, 9.17) is 0 Å². The summed E-state index contributed by atoms with van der Waals surface area (Å²) in [7, 11) is -3.42. The van der Waals surface area contributed by atoms with Crippen molar-refractivity contribution in [2.75, 3.05) is 0 Å². The zero-order valence-electron chi connectivity index (χ0n) is 11.3. The van der Waals surface area contributed by atoms with Crippen molar-refractivity contribution in [1.82, 2.24) is 4.72 Å². The van der Waals surface area contributed by atoms with Gasteiger partial charge in [-0.15, -0.1) is 0 Å². The molecule has 0 aliphatic heterocycles. The fourth-order valence-corrected chi connectivity index (χ4v) is 2.47. The third-order valence-corrected chi connectivity index (χ3v) is 3.88. The minimum Gasteiger partial charge on any atom is -0.208 e. The summed E-state index contributed by atoms with van der Waals surface area (Å²) in [5.41, 5.74) is 2.95. The van der Waals surface area contributed by atoms with E-state index >= 15 is 0 Å². The third-order valence-electron chi connectivity index (χ3n) is 2.84. The van der Waals surface area contributed by atoms with Crippen LogP contribution in [0.25, 0.3) is 6.08 Å². The highest BCUT2D eigenvalue weighted by atomic mass is 32.2. The molecule has 0 amide bonds. The van der Waals surface area contributed by atoms with Crippen LogP contribution in [0.3, 0.4) is 0 Å². The van der Waals surface area contributed by atoms with Crippen molar-refractivity contribution < 1.29 is 8.42 Å². The lowest BCUT2D eigenvalue weighted by atomic mass is 10.2. The van der Waals surface area contributed by atoms with Gasteiger partial charge in [0.1, 0.15) is 0 Å². The van der Waals surface area contributed by atoms with Crippen molar-refractivity contribution >= 4 is 16.1 Å². The van der Waals surface area contributed by atoms with Gasteiger partial charge in [0.2, 0.25) is 10.0 Å². The van der Waals surface area contributed by atoms with Crippen LogP contribution in [0.15, 0.2) is 60.0 Å². The molecule has 2 aromatic rings. The van der Waals surface area contributed by atoms with Gasteiger partial charge < -0.3 is 0 Å². The summed E-state index contributed by atoms with van der Waals surface area (Å²) in [5, 5.41) is 1.19. The van der Waals surface area contributed by atoms with Gasteiger partial charge in [-0.05, 0) is 24.1 Å². The molecule has 104 valence electrons. The summed E-state index contributed by atoms with van der Waals surface area (Å²) in [4.78, 5) is 0. The Bertz CT molecular complexity index is 674. The van der Waals surface area contributed by atoms with Gasteiger partial charge in [-0.2, -0.15) is 0 Å². The van der Waals surface area contributed by atoms with Gasteiger partial charge in [0.25, 0.3) is 0 Å². The van der Waals surface area contributed by atoms with Crippen molar-refractivity contribution in [2.24, 2.45) is 0 Å². The average Bonchev–Trinajstić information content (AvgIpc) is 2.46.